The number of amides is 1. The molecule has 2 aromatic heterocycles. The van der Waals surface area contributed by atoms with Crippen molar-refractivity contribution in [2.45, 2.75) is 32.7 Å². The molecule has 1 unspecified atom stereocenters. The van der Waals surface area contributed by atoms with Crippen LogP contribution >= 0.6 is 11.3 Å². The molecule has 0 spiro atoms. The predicted molar refractivity (Wildman–Crippen MR) is 98.9 cm³/mol. The average Bonchev–Trinajstić information content (AvgIpc) is 2.90. The molecule has 9 nitrogen and oxygen atoms in total. The molecule has 1 aliphatic rings. The molecule has 25 heavy (non-hydrogen) atoms. The Morgan fingerprint density at radius 2 is 2.16 bits per heavy atom. The molecule has 0 radical (unpaired) electrons. The fourth-order valence-electron chi connectivity index (χ4n) is 2.96. The topological polar surface area (TPSA) is 112 Å². The van der Waals surface area contributed by atoms with Gasteiger partial charge in [0.2, 0.25) is 5.91 Å². The lowest BCUT2D eigenvalue weighted by Crippen LogP contribution is -2.47. The number of carbonyl (C=O) groups is 1. The van der Waals surface area contributed by atoms with E-state index in [1.807, 2.05) is 0 Å². The summed E-state index contributed by atoms with van der Waals surface area (Å²) >= 11 is 1.19. The van der Waals surface area contributed by atoms with Gasteiger partial charge in [0.25, 0.3) is 5.56 Å². The smallest absolute Gasteiger partial charge is 0.330 e. The monoisotopic (exact) mass is 362 g/mol. The van der Waals surface area contributed by atoms with Gasteiger partial charge in [0.1, 0.15) is 15.9 Å². The summed E-state index contributed by atoms with van der Waals surface area (Å²) in [6, 6.07) is -0.792. The molecule has 1 fully saturated rings. The fraction of sp³-hybridized carbons (Fsp3) is 0.400. The van der Waals surface area contributed by atoms with E-state index in [2.05, 4.69) is 27.2 Å². The Kier molecular flexibility index (Phi) is 4.53. The lowest BCUT2D eigenvalue weighted by Gasteiger charge is -2.22. The van der Waals surface area contributed by atoms with Crippen LogP contribution in [0.3, 0.4) is 0 Å². The van der Waals surface area contributed by atoms with Crippen molar-refractivity contribution in [3.63, 3.8) is 0 Å². The van der Waals surface area contributed by atoms with E-state index in [0.717, 1.165) is 4.57 Å². The van der Waals surface area contributed by atoms with E-state index in [-0.39, 0.29) is 5.91 Å². The van der Waals surface area contributed by atoms with Gasteiger partial charge in [-0.25, -0.2) is 9.36 Å². The van der Waals surface area contributed by atoms with Crippen molar-refractivity contribution in [2.75, 3.05) is 11.7 Å². The van der Waals surface area contributed by atoms with E-state index >= 15 is 0 Å². The Morgan fingerprint density at radius 3 is 2.80 bits per heavy atom. The largest absolute Gasteiger partial charge is 0.354 e. The normalized spacial score (nSPS) is 17.8. The van der Waals surface area contributed by atoms with Crippen LogP contribution in [0, 0.1) is 6.92 Å². The van der Waals surface area contributed by atoms with Gasteiger partial charge >= 0.3 is 5.69 Å². The number of piperidine rings is 1. The highest BCUT2D eigenvalue weighted by molar-refractivity contribution is 7.22. The maximum atomic E-state index is 13.0. The molecule has 1 aliphatic heterocycles. The number of aryl methyl sites for hydroxylation is 1. The molecule has 2 N–H and O–H groups in total. The first-order valence-electron chi connectivity index (χ1n) is 7.80. The number of H-pyrrole nitrogens is 1. The number of carbonyl (C=O) groups excluding carboxylic acids is 1. The predicted octanol–water partition coefficient (Wildman–Crippen LogP) is 0.939. The number of nitrogens with zero attached hydrogens (tertiary/aromatic N) is 4. The Hall–Kier alpha value is -2.75. The van der Waals surface area contributed by atoms with Gasteiger partial charge in [-0.05, 0) is 26.7 Å². The summed E-state index contributed by atoms with van der Waals surface area (Å²) in [5.74, 6) is -0.309. The van der Waals surface area contributed by atoms with Crippen molar-refractivity contribution in [3.05, 3.63) is 26.4 Å². The van der Waals surface area contributed by atoms with Gasteiger partial charge in [-0.15, -0.1) is 5.12 Å². The molecule has 2 aromatic rings. The molecule has 3 heterocycles. The van der Waals surface area contributed by atoms with Crippen LogP contribution in [-0.2, 0) is 4.79 Å². The Labute approximate surface area is 146 Å². The summed E-state index contributed by atoms with van der Waals surface area (Å²) in [5, 5.41) is 12.8. The highest BCUT2D eigenvalue weighted by Gasteiger charge is 2.28. The van der Waals surface area contributed by atoms with Crippen molar-refractivity contribution in [1.29, 1.82) is 0 Å². The summed E-state index contributed by atoms with van der Waals surface area (Å²) in [5.41, 5.74) is -0.445. The van der Waals surface area contributed by atoms with Crippen LogP contribution in [0.15, 0.2) is 19.8 Å². The van der Waals surface area contributed by atoms with Crippen LogP contribution in [0.5, 0.6) is 0 Å². The number of aromatic amines is 1. The van der Waals surface area contributed by atoms with E-state index in [1.165, 1.54) is 16.5 Å². The molecule has 10 heteroatoms. The first-order chi connectivity index (χ1) is 12.0. The van der Waals surface area contributed by atoms with Gasteiger partial charge in [-0.1, -0.05) is 11.3 Å². The number of aromatic nitrogens is 2. The lowest BCUT2D eigenvalue weighted by atomic mass is 10.1. The van der Waals surface area contributed by atoms with Gasteiger partial charge in [0, 0.05) is 25.0 Å². The average molecular weight is 362 g/mol. The Morgan fingerprint density at radius 1 is 1.40 bits per heavy atom. The fourth-order valence-corrected chi connectivity index (χ4v) is 4.07. The quantitative estimate of drug-likeness (QED) is 0.622. The van der Waals surface area contributed by atoms with E-state index in [4.69, 9.17) is 0 Å². The third-order valence-electron chi connectivity index (χ3n) is 4.10. The summed E-state index contributed by atoms with van der Waals surface area (Å²) in [6.07, 6.45) is 2.72. The van der Waals surface area contributed by atoms with Gasteiger partial charge in [0.05, 0.1) is 5.39 Å². The van der Waals surface area contributed by atoms with Crippen molar-refractivity contribution >= 4 is 45.4 Å². The number of rotatable bonds is 4. The number of hydrazone groups is 2. The zero-order chi connectivity index (χ0) is 18.1. The molecule has 1 atom stereocenters. The number of anilines is 1. The van der Waals surface area contributed by atoms with Crippen LogP contribution in [-0.4, -0.2) is 34.9 Å². The maximum Gasteiger partial charge on any atom is 0.330 e. The first kappa shape index (κ1) is 17.1. The SMILES string of the molecule is C=NN(/N=C\C)c1sc2[nH]c(=O)n(C3CCCNC3=O)c(=O)c2c1C. The molecule has 132 valence electrons. The molecule has 1 amide bonds. The zero-order valence-electron chi connectivity index (χ0n) is 13.9. The van der Waals surface area contributed by atoms with Crippen molar-refractivity contribution < 1.29 is 4.79 Å². The third kappa shape index (κ3) is 2.78. The van der Waals surface area contributed by atoms with Crippen molar-refractivity contribution in [2.24, 2.45) is 10.2 Å². The second-order valence-electron chi connectivity index (χ2n) is 5.60. The van der Waals surface area contributed by atoms with Gasteiger partial charge in [-0.3, -0.25) is 14.6 Å². The molecule has 3 rings (SSSR count). The van der Waals surface area contributed by atoms with Crippen LogP contribution in [0.1, 0.15) is 31.4 Å². The molecule has 0 bridgehead atoms. The highest BCUT2D eigenvalue weighted by Crippen LogP contribution is 2.35. The minimum absolute atomic E-state index is 0.309. The summed E-state index contributed by atoms with van der Waals surface area (Å²) < 4.78 is 1.01. The third-order valence-corrected chi connectivity index (χ3v) is 5.28. The van der Waals surface area contributed by atoms with Crippen LogP contribution in [0.4, 0.5) is 5.00 Å². The van der Waals surface area contributed by atoms with E-state index in [0.29, 0.717) is 40.2 Å². The minimum atomic E-state index is -0.792. The first-order valence-corrected chi connectivity index (χ1v) is 8.62. The second kappa shape index (κ2) is 6.63. The molecular formula is C15H18N6O3S. The number of nitrogens with one attached hydrogen (secondary N) is 2. The molecule has 0 aliphatic carbocycles. The van der Waals surface area contributed by atoms with Crippen molar-refractivity contribution in [1.82, 2.24) is 14.9 Å². The summed E-state index contributed by atoms with van der Waals surface area (Å²) in [4.78, 5) is 40.6. The van der Waals surface area contributed by atoms with E-state index in [1.54, 1.807) is 20.1 Å². The van der Waals surface area contributed by atoms with Gasteiger partial charge < -0.3 is 5.32 Å². The van der Waals surface area contributed by atoms with Crippen LogP contribution < -0.4 is 21.7 Å². The van der Waals surface area contributed by atoms with Crippen LogP contribution in [0.2, 0.25) is 0 Å². The zero-order valence-corrected chi connectivity index (χ0v) is 14.7. The Balaban J connectivity index is 2.24. The number of thiophene rings is 1. The highest BCUT2D eigenvalue weighted by atomic mass is 32.1. The summed E-state index contributed by atoms with van der Waals surface area (Å²) in [7, 11) is 0. The number of hydrogen-bond donors (Lipinski definition) is 2. The molecular weight excluding hydrogens is 344 g/mol. The second-order valence-corrected chi connectivity index (χ2v) is 6.59. The lowest BCUT2D eigenvalue weighted by molar-refractivity contribution is -0.126. The van der Waals surface area contributed by atoms with Gasteiger partial charge in [-0.2, -0.15) is 10.2 Å². The standard InChI is InChI=1S/C15H18N6O3S/c1-4-18-21(16-3)14-8(2)10-12(25-14)19-15(24)20(13(10)23)9-6-5-7-17-11(9)22/h4,9H,3,5-7H2,1-2H3,(H,17,22)(H,19,24)/b18-4-. The van der Waals surface area contributed by atoms with Gasteiger partial charge in [0.15, 0.2) is 0 Å². The molecule has 0 saturated carbocycles. The molecule has 0 aromatic carbocycles. The number of hydrogen-bond acceptors (Lipinski definition) is 7. The van der Waals surface area contributed by atoms with Crippen LogP contribution in [0.25, 0.3) is 10.2 Å². The molecule has 1 saturated heterocycles. The Bertz CT molecular complexity index is 986. The van der Waals surface area contributed by atoms with E-state index < -0.39 is 17.3 Å². The van der Waals surface area contributed by atoms with Crippen molar-refractivity contribution in [3.8, 4) is 0 Å². The minimum Gasteiger partial charge on any atom is -0.354 e. The number of fused-ring (bicyclic) bond motifs is 1. The van der Waals surface area contributed by atoms with E-state index in [9.17, 15) is 14.4 Å². The maximum absolute atomic E-state index is 13.0. The summed E-state index contributed by atoms with van der Waals surface area (Å²) in [6.45, 7) is 7.51.